The fourth-order valence-corrected chi connectivity index (χ4v) is 3.14. The van der Waals surface area contributed by atoms with Gasteiger partial charge in [0.1, 0.15) is 0 Å². The van der Waals surface area contributed by atoms with Crippen molar-refractivity contribution in [1.29, 1.82) is 0 Å². The van der Waals surface area contributed by atoms with Crippen LogP contribution in [-0.4, -0.2) is 6.54 Å². The Morgan fingerprint density at radius 1 is 0.833 bits per heavy atom. The topological polar surface area (TPSA) is 12.0 Å². The predicted octanol–water partition coefficient (Wildman–Crippen LogP) is 1.33. The first-order valence-corrected chi connectivity index (χ1v) is 6.52. The van der Waals surface area contributed by atoms with E-state index < -0.39 is 0 Å². The van der Waals surface area contributed by atoms with Crippen LogP contribution in [0.15, 0.2) is 42.5 Å². The van der Waals surface area contributed by atoms with Crippen molar-refractivity contribution in [3.8, 4) is 0 Å². The van der Waals surface area contributed by atoms with Crippen LogP contribution >= 0.6 is 0 Å². The van der Waals surface area contributed by atoms with Crippen molar-refractivity contribution in [2.45, 2.75) is 13.0 Å². The number of rotatable bonds is 0. The molecule has 2 aromatic rings. The Balaban J connectivity index is 2.13. The van der Waals surface area contributed by atoms with Crippen LogP contribution in [0.4, 0.5) is 0 Å². The summed E-state index contributed by atoms with van der Waals surface area (Å²) in [6.07, 6.45) is 3.41. The summed E-state index contributed by atoms with van der Waals surface area (Å²) in [5, 5.41) is 6.39. The molecule has 1 N–H and O–H groups in total. The maximum Gasteiger partial charge on any atom is 0.0214 e. The molecule has 2 aliphatic rings. The average Bonchev–Trinajstić information content (AvgIpc) is 2.57. The monoisotopic (exact) mass is 233 g/mol. The Kier molecular flexibility index (Phi) is 2.14. The van der Waals surface area contributed by atoms with Crippen LogP contribution in [-0.2, 0) is 13.0 Å². The van der Waals surface area contributed by atoms with Gasteiger partial charge in [0.25, 0.3) is 0 Å². The summed E-state index contributed by atoms with van der Waals surface area (Å²) in [5.41, 5.74) is 5.79. The Labute approximate surface area is 106 Å². The molecule has 0 unspecified atom stereocenters. The van der Waals surface area contributed by atoms with Crippen molar-refractivity contribution in [2.75, 3.05) is 6.54 Å². The molecule has 0 spiro atoms. The maximum absolute atomic E-state index is 3.51. The van der Waals surface area contributed by atoms with Gasteiger partial charge in [0.15, 0.2) is 0 Å². The van der Waals surface area contributed by atoms with Gasteiger partial charge in [0.05, 0.1) is 0 Å². The van der Waals surface area contributed by atoms with Crippen molar-refractivity contribution in [3.05, 3.63) is 69.6 Å². The van der Waals surface area contributed by atoms with Gasteiger partial charge in [-0.05, 0) is 45.2 Å². The van der Waals surface area contributed by atoms with E-state index in [1.165, 1.54) is 32.7 Å². The summed E-state index contributed by atoms with van der Waals surface area (Å²) in [4.78, 5) is 0. The van der Waals surface area contributed by atoms with E-state index >= 15 is 0 Å². The van der Waals surface area contributed by atoms with Gasteiger partial charge >= 0.3 is 0 Å². The summed E-state index contributed by atoms with van der Waals surface area (Å²) in [5.74, 6) is 0. The maximum atomic E-state index is 3.51. The summed E-state index contributed by atoms with van der Waals surface area (Å²) in [6, 6.07) is 15.4. The third-order valence-electron chi connectivity index (χ3n) is 3.96. The standard InChI is InChI=1S/C17H15N/c1-2-5-13-9-16-11-18-10-15-7-3-6-14(17(15)16)8-12(13)4-1/h1-8,18H,9-11H2. The zero-order valence-electron chi connectivity index (χ0n) is 10.2. The average molecular weight is 233 g/mol. The van der Waals surface area contributed by atoms with Crippen LogP contribution in [0.2, 0.25) is 0 Å². The van der Waals surface area contributed by atoms with Crippen LogP contribution in [0.3, 0.4) is 0 Å². The van der Waals surface area contributed by atoms with Gasteiger partial charge in [-0.25, -0.2) is 0 Å². The predicted molar refractivity (Wildman–Crippen MR) is 74.5 cm³/mol. The zero-order valence-corrected chi connectivity index (χ0v) is 10.2. The lowest BCUT2D eigenvalue weighted by Gasteiger charge is -2.17. The lowest BCUT2D eigenvalue weighted by atomic mass is 9.97. The van der Waals surface area contributed by atoms with Crippen molar-refractivity contribution < 1.29 is 0 Å². The van der Waals surface area contributed by atoms with Crippen molar-refractivity contribution in [1.82, 2.24) is 5.32 Å². The van der Waals surface area contributed by atoms with E-state index in [9.17, 15) is 0 Å². The molecule has 1 heteroatoms. The first-order valence-electron chi connectivity index (χ1n) is 6.52. The normalized spacial score (nSPS) is 16.3. The second-order valence-corrected chi connectivity index (χ2v) is 5.11. The van der Waals surface area contributed by atoms with E-state index in [2.05, 4.69) is 53.9 Å². The molecular weight excluding hydrogens is 218 g/mol. The van der Waals surface area contributed by atoms with Gasteiger partial charge in [-0.3, -0.25) is 0 Å². The smallest absolute Gasteiger partial charge is 0.0214 e. The number of fused-ring (bicyclic) bond motifs is 1. The summed E-state index contributed by atoms with van der Waals surface area (Å²) in [7, 11) is 0. The molecule has 1 aliphatic heterocycles. The molecule has 0 amide bonds. The van der Waals surface area contributed by atoms with Crippen molar-refractivity contribution >= 4 is 11.6 Å². The highest BCUT2D eigenvalue weighted by Crippen LogP contribution is 2.17. The molecule has 4 rings (SSSR count). The first kappa shape index (κ1) is 10.1. The quantitative estimate of drug-likeness (QED) is 0.724. The fourth-order valence-electron chi connectivity index (χ4n) is 3.14. The second-order valence-electron chi connectivity index (χ2n) is 5.11. The van der Waals surface area contributed by atoms with Gasteiger partial charge in [0, 0.05) is 13.1 Å². The third-order valence-corrected chi connectivity index (χ3v) is 3.96. The van der Waals surface area contributed by atoms with Gasteiger partial charge in [0.2, 0.25) is 0 Å². The lowest BCUT2D eigenvalue weighted by molar-refractivity contribution is 0.732. The highest BCUT2D eigenvalue weighted by Gasteiger charge is 2.14. The summed E-state index contributed by atoms with van der Waals surface area (Å²) in [6.45, 7) is 2.02. The highest BCUT2D eigenvalue weighted by molar-refractivity contribution is 5.65. The van der Waals surface area contributed by atoms with Gasteiger partial charge < -0.3 is 5.32 Å². The molecule has 1 heterocycles. The molecule has 2 aromatic carbocycles. The molecular formula is C17H15N. The van der Waals surface area contributed by atoms with E-state index in [0.29, 0.717) is 0 Å². The fraction of sp³-hybridized carbons (Fsp3) is 0.176. The molecule has 88 valence electrons. The molecule has 0 saturated carbocycles. The van der Waals surface area contributed by atoms with Crippen LogP contribution in [0, 0.1) is 0 Å². The van der Waals surface area contributed by atoms with E-state index in [1.807, 2.05) is 0 Å². The minimum atomic E-state index is 0.997. The highest BCUT2D eigenvalue weighted by atomic mass is 14.9. The Morgan fingerprint density at radius 2 is 1.72 bits per heavy atom. The molecule has 1 nitrogen and oxygen atoms in total. The van der Waals surface area contributed by atoms with Gasteiger partial charge in [-0.15, -0.1) is 0 Å². The molecule has 0 atom stereocenters. The molecule has 0 bridgehead atoms. The number of nitrogens with one attached hydrogen (secondary N) is 1. The minimum Gasteiger partial charge on any atom is -0.309 e. The van der Waals surface area contributed by atoms with Crippen LogP contribution in [0.1, 0.15) is 16.7 Å². The molecule has 0 radical (unpaired) electrons. The van der Waals surface area contributed by atoms with Gasteiger partial charge in [-0.1, -0.05) is 42.5 Å². The van der Waals surface area contributed by atoms with Crippen LogP contribution < -0.4 is 15.8 Å². The van der Waals surface area contributed by atoms with E-state index in [0.717, 1.165) is 19.5 Å². The minimum absolute atomic E-state index is 0.997. The van der Waals surface area contributed by atoms with E-state index in [4.69, 9.17) is 0 Å². The molecule has 1 aliphatic carbocycles. The summed E-state index contributed by atoms with van der Waals surface area (Å²) >= 11 is 0. The Morgan fingerprint density at radius 3 is 2.72 bits per heavy atom. The SMILES string of the molecule is C1=c2cccc3c2=C(CNC3)Cc2ccccc21. The zero-order chi connectivity index (χ0) is 11.9. The number of hydrogen-bond acceptors (Lipinski definition) is 1. The molecule has 0 fully saturated rings. The molecule has 0 aromatic heterocycles. The van der Waals surface area contributed by atoms with Crippen LogP contribution in [0.25, 0.3) is 11.6 Å². The number of benzene rings is 2. The first-order chi connectivity index (χ1) is 8.92. The molecule has 18 heavy (non-hydrogen) atoms. The van der Waals surface area contributed by atoms with Crippen molar-refractivity contribution in [2.24, 2.45) is 0 Å². The lowest BCUT2D eigenvalue weighted by Crippen LogP contribution is -2.39. The van der Waals surface area contributed by atoms with E-state index in [-0.39, 0.29) is 0 Å². The van der Waals surface area contributed by atoms with E-state index in [1.54, 1.807) is 0 Å². The van der Waals surface area contributed by atoms with Crippen LogP contribution in [0.5, 0.6) is 0 Å². The Bertz CT molecular complexity index is 740. The third kappa shape index (κ3) is 1.44. The van der Waals surface area contributed by atoms with Crippen molar-refractivity contribution in [3.63, 3.8) is 0 Å². The summed E-state index contributed by atoms with van der Waals surface area (Å²) < 4.78 is 0. The van der Waals surface area contributed by atoms with Gasteiger partial charge in [-0.2, -0.15) is 0 Å². The number of hydrogen-bond donors (Lipinski definition) is 1. The Hall–Kier alpha value is -1.86. The molecule has 0 saturated heterocycles. The second kappa shape index (κ2) is 3.82. The largest absolute Gasteiger partial charge is 0.309 e.